The topological polar surface area (TPSA) is 71.3 Å². The van der Waals surface area contributed by atoms with E-state index < -0.39 is 0 Å². The average Bonchev–Trinajstić information content (AvgIpc) is 3.40. The van der Waals surface area contributed by atoms with Crippen LogP contribution in [0.25, 0.3) is 11.4 Å². The van der Waals surface area contributed by atoms with Crippen molar-refractivity contribution in [1.29, 1.82) is 0 Å². The minimum absolute atomic E-state index is 0.0732. The van der Waals surface area contributed by atoms with Crippen molar-refractivity contribution in [2.24, 2.45) is 0 Å². The molecule has 0 saturated carbocycles. The molecule has 6 nitrogen and oxygen atoms in total. The summed E-state index contributed by atoms with van der Waals surface area (Å²) in [5.41, 5.74) is 3.11. The summed E-state index contributed by atoms with van der Waals surface area (Å²) < 4.78 is 5.26. The van der Waals surface area contributed by atoms with E-state index in [1.807, 2.05) is 42.5 Å². The molecule has 0 unspecified atom stereocenters. The van der Waals surface area contributed by atoms with Gasteiger partial charge in [0.1, 0.15) is 0 Å². The summed E-state index contributed by atoms with van der Waals surface area (Å²) in [4.78, 5) is 18.8. The van der Waals surface area contributed by atoms with Crippen LogP contribution in [0.5, 0.6) is 0 Å². The summed E-state index contributed by atoms with van der Waals surface area (Å²) in [6, 6.07) is 17.8. The van der Waals surface area contributed by atoms with Crippen molar-refractivity contribution in [3.63, 3.8) is 0 Å². The Hall–Kier alpha value is -3.15. The fourth-order valence-electron chi connectivity index (χ4n) is 3.26. The molecule has 1 aliphatic rings. The highest BCUT2D eigenvalue weighted by atomic mass is 16.5. The maximum Gasteiger partial charge on any atom is 0.246 e. The maximum atomic E-state index is 12.0. The minimum Gasteiger partial charge on any atom is -0.372 e. The molecule has 6 heteroatoms. The zero-order chi connectivity index (χ0) is 18.5. The van der Waals surface area contributed by atoms with Gasteiger partial charge in [-0.25, -0.2) is 0 Å². The summed E-state index contributed by atoms with van der Waals surface area (Å²) in [6.45, 7) is 2.47. The molecule has 0 bridgehead atoms. The molecule has 1 amide bonds. The Morgan fingerprint density at radius 2 is 1.78 bits per heavy atom. The van der Waals surface area contributed by atoms with Crippen LogP contribution in [0.4, 0.5) is 5.69 Å². The van der Waals surface area contributed by atoms with Gasteiger partial charge in [-0.3, -0.25) is 4.79 Å². The number of aromatic nitrogens is 2. The van der Waals surface area contributed by atoms with Crippen molar-refractivity contribution in [3.05, 3.63) is 66.1 Å². The van der Waals surface area contributed by atoms with Crippen LogP contribution in [0.3, 0.4) is 0 Å². The highest BCUT2D eigenvalue weighted by Crippen LogP contribution is 2.23. The third-order valence-electron chi connectivity index (χ3n) is 4.71. The fourth-order valence-corrected chi connectivity index (χ4v) is 3.26. The van der Waals surface area contributed by atoms with Crippen LogP contribution in [-0.4, -0.2) is 29.1 Å². The Morgan fingerprint density at radius 1 is 1.04 bits per heavy atom. The summed E-state index contributed by atoms with van der Waals surface area (Å²) in [5, 5.41) is 6.84. The van der Waals surface area contributed by atoms with E-state index in [9.17, 15) is 4.79 Å². The van der Waals surface area contributed by atoms with E-state index in [-0.39, 0.29) is 12.5 Å². The Labute approximate surface area is 158 Å². The monoisotopic (exact) mass is 362 g/mol. The van der Waals surface area contributed by atoms with Gasteiger partial charge < -0.3 is 14.7 Å². The quantitative estimate of drug-likeness (QED) is 0.729. The largest absolute Gasteiger partial charge is 0.372 e. The lowest BCUT2D eigenvalue weighted by Crippen LogP contribution is -2.24. The number of hydrogen-bond donors (Lipinski definition) is 1. The van der Waals surface area contributed by atoms with E-state index >= 15 is 0 Å². The van der Waals surface area contributed by atoms with Crippen molar-refractivity contribution in [1.82, 2.24) is 15.5 Å². The second-order valence-corrected chi connectivity index (χ2v) is 6.69. The van der Waals surface area contributed by atoms with Crippen LogP contribution in [0, 0.1) is 0 Å². The first-order chi connectivity index (χ1) is 13.3. The average molecular weight is 362 g/mol. The molecule has 27 heavy (non-hydrogen) atoms. The van der Waals surface area contributed by atoms with E-state index in [1.54, 1.807) is 0 Å². The second-order valence-electron chi connectivity index (χ2n) is 6.69. The van der Waals surface area contributed by atoms with Crippen molar-refractivity contribution in [2.75, 3.05) is 18.0 Å². The van der Waals surface area contributed by atoms with Gasteiger partial charge in [-0.2, -0.15) is 4.98 Å². The van der Waals surface area contributed by atoms with E-state index in [0.717, 1.165) is 24.2 Å². The Kier molecular flexibility index (Phi) is 5.14. The molecule has 138 valence electrons. The number of hydrogen-bond acceptors (Lipinski definition) is 5. The van der Waals surface area contributed by atoms with Crippen molar-refractivity contribution in [3.8, 4) is 11.4 Å². The summed E-state index contributed by atoms with van der Waals surface area (Å²) in [5.74, 6) is 0.862. The molecule has 1 fully saturated rings. The standard InChI is InChI=1S/C21H22N4O2/c26-19(14-16-6-2-1-3-7-16)22-15-20-23-21(24-27-20)17-8-10-18(11-9-17)25-12-4-5-13-25/h1-3,6-11H,4-5,12-15H2,(H,22,26). The predicted molar refractivity (Wildman–Crippen MR) is 103 cm³/mol. The molecule has 1 N–H and O–H groups in total. The first-order valence-electron chi connectivity index (χ1n) is 9.26. The number of amides is 1. The highest BCUT2D eigenvalue weighted by Gasteiger charge is 2.14. The molecule has 0 aliphatic carbocycles. The molecule has 2 aromatic carbocycles. The Bertz CT molecular complexity index is 884. The first kappa shape index (κ1) is 17.3. The third kappa shape index (κ3) is 4.34. The lowest BCUT2D eigenvalue weighted by atomic mass is 10.1. The summed E-state index contributed by atoms with van der Waals surface area (Å²) >= 11 is 0. The molecule has 0 radical (unpaired) electrons. The van der Waals surface area contributed by atoms with Gasteiger partial charge in [-0.15, -0.1) is 0 Å². The Balaban J connectivity index is 1.33. The second kappa shape index (κ2) is 8.03. The number of carbonyl (C=O) groups excluding carboxylic acids is 1. The normalized spacial score (nSPS) is 13.7. The third-order valence-corrected chi connectivity index (χ3v) is 4.71. The predicted octanol–water partition coefficient (Wildman–Crippen LogP) is 3.20. The number of anilines is 1. The molecule has 3 aromatic rings. The van der Waals surface area contributed by atoms with Crippen molar-refractivity contribution < 1.29 is 9.32 Å². The lowest BCUT2D eigenvalue weighted by molar-refractivity contribution is -0.120. The molecule has 4 rings (SSSR count). The number of nitrogens with one attached hydrogen (secondary N) is 1. The van der Waals surface area contributed by atoms with Crippen LogP contribution in [0.2, 0.25) is 0 Å². The van der Waals surface area contributed by atoms with Gasteiger partial charge in [0, 0.05) is 24.3 Å². The van der Waals surface area contributed by atoms with Gasteiger partial charge in [-0.1, -0.05) is 35.5 Å². The van der Waals surface area contributed by atoms with Gasteiger partial charge in [0.15, 0.2) is 0 Å². The Morgan fingerprint density at radius 3 is 2.52 bits per heavy atom. The zero-order valence-corrected chi connectivity index (χ0v) is 15.1. The van der Waals surface area contributed by atoms with Crippen LogP contribution < -0.4 is 10.2 Å². The number of nitrogens with zero attached hydrogens (tertiary/aromatic N) is 3. The number of rotatable bonds is 6. The highest BCUT2D eigenvalue weighted by molar-refractivity contribution is 5.78. The lowest BCUT2D eigenvalue weighted by Gasteiger charge is -2.17. The minimum atomic E-state index is -0.0732. The van der Waals surface area contributed by atoms with Crippen molar-refractivity contribution >= 4 is 11.6 Å². The van der Waals surface area contributed by atoms with Crippen LogP contribution >= 0.6 is 0 Å². The van der Waals surface area contributed by atoms with Crippen LogP contribution in [0.15, 0.2) is 59.1 Å². The number of benzene rings is 2. The SMILES string of the molecule is O=C(Cc1ccccc1)NCc1nc(-c2ccc(N3CCCC3)cc2)no1. The van der Waals surface area contributed by atoms with Gasteiger partial charge >= 0.3 is 0 Å². The fraction of sp³-hybridized carbons (Fsp3) is 0.286. The molecule has 1 aliphatic heterocycles. The van der Waals surface area contributed by atoms with E-state index in [2.05, 4.69) is 32.5 Å². The van der Waals surface area contributed by atoms with Crippen molar-refractivity contribution in [2.45, 2.75) is 25.8 Å². The number of carbonyl (C=O) groups is 1. The maximum absolute atomic E-state index is 12.0. The smallest absolute Gasteiger partial charge is 0.246 e. The van der Waals surface area contributed by atoms with Gasteiger partial charge in [-0.05, 0) is 42.7 Å². The first-order valence-corrected chi connectivity index (χ1v) is 9.26. The van der Waals surface area contributed by atoms with Gasteiger partial charge in [0.2, 0.25) is 17.6 Å². The van der Waals surface area contributed by atoms with E-state index in [1.165, 1.54) is 18.5 Å². The van der Waals surface area contributed by atoms with Crippen LogP contribution in [-0.2, 0) is 17.8 Å². The summed E-state index contributed by atoms with van der Waals surface area (Å²) in [7, 11) is 0. The molecular formula is C21H22N4O2. The summed E-state index contributed by atoms with van der Waals surface area (Å²) in [6.07, 6.45) is 2.84. The molecule has 0 spiro atoms. The zero-order valence-electron chi connectivity index (χ0n) is 15.1. The molecule has 1 aromatic heterocycles. The van der Waals surface area contributed by atoms with Gasteiger partial charge in [0.05, 0.1) is 13.0 Å². The molecule has 0 atom stereocenters. The van der Waals surface area contributed by atoms with E-state index in [4.69, 9.17) is 4.52 Å². The molecular weight excluding hydrogens is 340 g/mol. The van der Waals surface area contributed by atoms with Crippen LogP contribution in [0.1, 0.15) is 24.3 Å². The molecule has 2 heterocycles. The molecule has 1 saturated heterocycles. The van der Waals surface area contributed by atoms with E-state index in [0.29, 0.717) is 18.1 Å². The van der Waals surface area contributed by atoms with Gasteiger partial charge in [0.25, 0.3) is 0 Å².